The van der Waals surface area contributed by atoms with Crippen molar-refractivity contribution >= 4 is 5.91 Å². The van der Waals surface area contributed by atoms with Crippen molar-refractivity contribution < 1.29 is 4.79 Å². The zero-order valence-electron chi connectivity index (χ0n) is 17.8. The van der Waals surface area contributed by atoms with E-state index in [1.807, 2.05) is 48.8 Å². The van der Waals surface area contributed by atoms with E-state index in [-0.39, 0.29) is 17.9 Å². The Kier molecular flexibility index (Phi) is 7.05. The maximum absolute atomic E-state index is 13.1. The molecule has 2 aromatic heterocycles. The average molecular weight is 415 g/mol. The first kappa shape index (κ1) is 21.2. The van der Waals surface area contributed by atoms with Gasteiger partial charge in [0, 0.05) is 30.1 Å². The number of hydrogen-bond donors (Lipinski definition) is 2. The summed E-state index contributed by atoms with van der Waals surface area (Å²) >= 11 is 0. The van der Waals surface area contributed by atoms with Gasteiger partial charge in [-0.3, -0.25) is 14.8 Å². The molecule has 1 saturated carbocycles. The van der Waals surface area contributed by atoms with Crippen LogP contribution in [0.3, 0.4) is 0 Å². The molecule has 0 bridgehead atoms. The summed E-state index contributed by atoms with van der Waals surface area (Å²) in [6.07, 6.45) is 10.0. The second-order valence-electron chi connectivity index (χ2n) is 8.42. The standard InChI is InChI=1S/C26H30N4O/c27-17-20-8-10-21(11-9-20)26(31)30-25(15-19-5-2-1-3-6-19)24-16-22(12-14-29-24)23-7-4-13-28-18-23/h1-7,12-14,16,18,20-21,25H,8-11,15,17,27H2,(H,30,31). The monoisotopic (exact) mass is 414 g/mol. The van der Waals surface area contributed by atoms with Gasteiger partial charge in [-0.05, 0) is 73.9 Å². The Bertz CT molecular complexity index is 969. The molecule has 160 valence electrons. The number of hydrogen-bond acceptors (Lipinski definition) is 4. The molecular weight excluding hydrogens is 384 g/mol. The summed E-state index contributed by atoms with van der Waals surface area (Å²) < 4.78 is 0. The molecule has 5 heteroatoms. The third-order valence-electron chi connectivity index (χ3n) is 6.28. The Balaban J connectivity index is 1.55. The number of rotatable bonds is 7. The van der Waals surface area contributed by atoms with Gasteiger partial charge in [-0.1, -0.05) is 36.4 Å². The average Bonchev–Trinajstić information content (AvgIpc) is 2.85. The molecule has 0 spiro atoms. The molecule has 1 fully saturated rings. The van der Waals surface area contributed by atoms with E-state index in [1.165, 1.54) is 5.56 Å². The Labute approximate surface area is 184 Å². The van der Waals surface area contributed by atoms with Gasteiger partial charge in [0.1, 0.15) is 0 Å². The third kappa shape index (κ3) is 5.56. The van der Waals surface area contributed by atoms with Gasteiger partial charge in [0.15, 0.2) is 0 Å². The van der Waals surface area contributed by atoms with E-state index in [0.717, 1.165) is 49.0 Å². The fourth-order valence-corrected chi connectivity index (χ4v) is 4.38. The molecule has 1 aromatic carbocycles. The molecule has 1 unspecified atom stereocenters. The van der Waals surface area contributed by atoms with Gasteiger partial charge in [0.2, 0.25) is 5.91 Å². The van der Waals surface area contributed by atoms with Crippen molar-refractivity contribution in [3.05, 3.63) is 84.4 Å². The first-order valence-electron chi connectivity index (χ1n) is 11.1. The van der Waals surface area contributed by atoms with Crippen molar-refractivity contribution in [2.45, 2.75) is 38.1 Å². The number of nitrogens with one attached hydrogen (secondary N) is 1. The third-order valence-corrected chi connectivity index (χ3v) is 6.28. The van der Waals surface area contributed by atoms with Crippen LogP contribution in [0.4, 0.5) is 0 Å². The van der Waals surface area contributed by atoms with Crippen LogP contribution in [-0.2, 0) is 11.2 Å². The van der Waals surface area contributed by atoms with E-state index in [9.17, 15) is 4.79 Å². The van der Waals surface area contributed by atoms with Gasteiger partial charge in [0.25, 0.3) is 0 Å². The topological polar surface area (TPSA) is 80.9 Å². The van der Waals surface area contributed by atoms with Crippen LogP contribution in [0.5, 0.6) is 0 Å². The van der Waals surface area contributed by atoms with Crippen LogP contribution in [0.15, 0.2) is 73.2 Å². The number of nitrogens with zero attached hydrogens (tertiary/aromatic N) is 2. The molecule has 1 amide bonds. The number of amides is 1. The van der Waals surface area contributed by atoms with Crippen LogP contribution in [-0.4, -0.2) is 22.4 Å². The molecule has 0 radical (unpaired) electrons. The summed E-state index contributed by atoms with van der Waals surface area (Å²) in [6, 6.07) is 18.1. The minimum Gasteiger partial charge on any atom is -0.347 e. The van der Waals surface area contributed by atoms with E-state index in [1.54, 1.807) is 6.20 Å². The predicted molar refractivity (Wildman–Crippen MR) is 123 cm³/mol. The molecular formula is C26H30N4O. The maximum Gasteiger partial charge on any atom is 0.223 e. The zero-order valence-corrected chi connectivity index (χ0v) is 17.8. The highest BCUT2D eigenvalue weighted by molar-refractivity contribution is 5.79. The van der Waals surface area contributed by atoms with E-state index in [0.29, 0.717) is 12.3 Å². The van der Waals surface area contributed by atoms with Gasteiger partial charge < -0.3 is 11.1 Å². The van der Waals surface area contributed by atoms with Crippen molar-refractivity contribution in [1.82, 2.24) is 15.3 Å². The lowest BCUT2D eigenvalue weighted by Crippen LogP contribution is -2.37. The number of pyridine rings is 2. The number of carbonyl (C=O) groups is 1. The molecule has 2 heterocycles. The molecule has 4 rings (SSSR count). The van der Waals surface area contributed by atoms with Gasteiger partial charge in [0.05, 0.1) is 11.7 Å². The van der Waals surface area contributed by atoms with Crippen molar-refractivity contribution in [2.24, 2.45) is 17.6 Å². The lowest BCUT2D eigenvalue weighted by atomic mass is 9.81. The number of benzene rings is 1. The molecule has 0 saturated heterocycles. The molecule has 31 heavy (non-hydrogen) atoms. The van der Waals surface area contributed by atoms with E-state index in [4.69, 9.17) is 5.73 Å². The quantitative estimate of drug-likeness (QED) is 0.604. The summed E-state index contributed by atoms with van der Waals surface area (Å²) in [6.45, 7) is 0.718. The first-order valence-corrected chi connectivity index (χ1v) is 11.1. The summed E-state index contributed by atoms with van der Waals surface area (Å²) in [7, 11) is 0. The molecule has 5 nitrogen and oxygen atoms in total. The van der Waals surface area contributed by atoms with Crippen LogP contribution in [0.1, 0.15) is 43.0 Å². The molecule has 3 aromatic rings. The highest BCUT2D eigenvalue weighted by atomic mass is 16.1. The van der Waals surface area contributed by atoms with Gasteiger partial charge in [-0.15, -0.1) is 0 Å². The second-order valence-corrected chi connectivity index (χ2v) is 8.42. The Morgan fingerprint density at radius 3 is 2.52 bits per heavy atom. The van der Waals surface area contributed by atoms with Crippen molar-refractivity contribution in [1.29, 1.82) is 0 Å². The number of aromatic nitrogens is 2. The smallest absolute Gasteiger partial charge is 0.223 e. The molecule has 0 aliphatic heterocycles. The maximum atomic E-state index is 13.1. The number of carbonyl (C=O) groups excluding carboxylic acids is 1. The van der Waals surface area contributed by atoms with E-state index >= 15 is 0 Å². The highest BCUT2D eigenvalue weighted by Crippen LogP contribution is 2.29. The van der Waals surface area contributed by atoms with Gasteiger partial charge >= 0.3 is 0 Å². The van der Waals surface area contributed by atoms with Crippen molar-refractivity contribution in [2.75, 3.05) is 6.54 Å². The second kappa shape index (κ2) is 10.3. The van der Waals surface area contributed by atoms with Gasteiger partial charge in [-0.25, -0.2) is 0 Å². The van der Waals surface area contributed by atoms with Crippen LogP contribution >= 0.6 is 0 Å². The lowest BCUT2D eigenvalue weighted by Gasteiger charge is -2.28. The SMILES string of the molecule is NCC1CCC(C(=O)NC(Cc2ccccc2)c2cc(-c3cccnc3)ccn2)CC1. The Morgan fingerprint density at radius 2 is 1.81 bits per heavy atom. The minimum absolute atomic E-state index is 0.0579. The fourth-order valence-electron chi connectivity index (χ4n) is 4.38. The highest BCUT2D eigenvalue weighted by Gasteiger charge is 2.28. The van der Waals surface area contributed by atoms with Crippen molar-refractivity contribution in [3.63, 3.8) is 0 Å². The summed E-state index contributed by atoms with van der Waals surface area (Å²) in [5.41, 5.74) is 9.95. The Hall–Kier alpha value is -3.05. The summed E-state index contributed by atoms with van der Waals surface area (Å²) in [5.74, 6) is 0.745. The minimum atomic E-state index is -0.182. The lowest BCUT2D eigenvalue weighted by molar-refractivity contribution is -0.127. The van der Waals surface area contributed by atoms with Crippen LogP contribution in [0.2, 0.25) is 0 Å². The van der Waals surface area contributed by atoms with Crippen LogP contribution in [0, 0.1) is 11.8 Å². The molecule has 3 N–H and O–H groups in total. The summed E-state index contributed by atoms with van der Waals surface area (Å²) in [4.78, 5) is 22.0. The number of nitrogens with two attached hydrogens (primary N) is 1. The fraction of sp³-hybridized carbons (Fsp3) is 0.346. The van der Waals surface area contributed by atoms with E-state index < -0.39 is 0 Å². The normalized spacial score (nSPS) is 19.5. The van der Waals surface area contributed by atoms with Crippen molar-refractivity contribution in [3.8, 4) is 11.1 Å². The molecule has 1 atom stereocenters. The summed E-state index contributed by atoms with van der Waals surface area (Å²) in [5, 5.41) is 3.31. The molecule has 1 aliphatic carbocycles. The Morgan fingerprint density at radius 1 is 1.00 bits per heavy atom. The first-order chi connectivity index (χ1) is 15.2. The largest absolute Gasteiger partial charge is 0.347 e. The van der Waals surface area contributed by atoms with E-state index in [2.05, 4.69) is 33.5 Å². The predicted octanol–water partition coefficient (Wildman–Crippen LogP) is 4.31. The zero-order chi connectivity index (χ0) is 21.5. The van der Waals surface area contributed by atoms with Crippen LogP contribution < -0.4 is 11.1 Å². The van der Waals surface area contributed by atoms with Crippen LogP contribution in [0.25, 0.3) is 11.1 Å². The van der Waals surface area contributed by atoms with Gasteiger partial charge in [-0.2, -0.15) is 0 Å². The molecule has 1 aliphatic rings.